The minimum Gasteiger partial charge on any atom is -0.494 e. The molecule has 0 atom stereocenters. The fraction of sp³-hybridized carbons (Fsp3) is 0.500. The Labute approximate surface area is 150 Å². The largest absolute Gasteiger partial charge is 0.494 e. The predicted octanol–water partition coefficient (Wildman–Crippen LogP) is 1.16. The summed E-state index contributed by atoms with van der Waals surface area (Å²) >= 11 is 0. The predicted molar refractivity (Wildman–Crippen MR) is 90.5 cm³/mol. The number of nitrogens with zero attached hydrogens (tertiary/aromatic N) is 2. The fourth-order valence-electron chi connectivity index (χ4n) is 2.23. The average Bonchev–Trinajstić information content (AvgIpc) is 2.60. The van der Waals surface area contributed by atoms with Crippen molar-refractivity contribution in [3.8, 4) is 5.75 Å². The van der Waals surface area contributed by atoms with E-state index < -0.39 is 11.9 Å². The Kier molecular flexibility index (Phi) is 9.02. The van der Waals surface area contributed by atoms with Crippen LogP contribution in [-0.2, 0) is 14.3 Å². The number of hydrogen-bond donors (Lipinski definition) is 2. The van der Waals surface area contributed by atoms with E-state index in [1.165, 1.54) is 6.07 Å². The summed E-state index contributed by atoms with van der Waals surface area (Å²) in [7, 11) is 0. The molecule has 2 rings (SSSR count). The monoisotopic (exact) mass is 370 g/mol. The number of carbonyl (C=O) groups is 2. The first-order valence-corrected chi connectivity index (χ1v) is 7.95. The molecular formula is C16H22N2O8. The first-order valence-electron chi connectivity index (χ1n) is 7.95. The van der Waals surface area contributed by atoms with E-state index in [2.05, 4.69) is 4.90 Å². The number of aryl methyl sites for hydroxylation is 1. The zero-order valence-corrected chi connectivity index (χ0v) is 14.4. The molecule has 10 nitrogen and oxygen atoms in total. The molecule has 1 fully saturated rings. The lowest BCUT2D eigenvalue weighted by atomic mass is 10.2. The molecule has 1 aliphatic rings. The topological polar surface area (TPSA) is 139 Å². The number of ether oxygens (including phenoxy) is 2. The van der Waals surface area contributed by atoms with Crippen molar-refractivity contribution < 1.29 is 34.2 Å². The molecule has 2 N–H and O–H groups in total. The maximum absolute atomic E-state index is 10.7. The van der Waals surface area contributed by atoms with Crippen LogP contribution < -0.4 is 4.74 Å². The van der Waals surface area contributed by atoms with Gasteiger partial charge in [-0.2, -0.15) is 0 Å². The third kappa shape index (κ3) is 7.90. The van der Waals surface area contributed by atoms with E-state index in [-0.39, 0.29) is 10.6 Å². The number of hydrogen-bond acceptors (Lipinski definition) is 7. The minimum absolute atomic E-state index is 0.130. The highest BCUT2D eigenvalue weighted by Gasteiger charge is 2.11. The lowest BCUT2D eigenvalue weighted by Crippen LogP contribution is -2.37. The van der Waals surface area contributed by atoms with Crippen molar-refractivity contribution in [3.63, 3.8) is 0 Å². The Balaban J connectivity index is 0.000000487. The second-order valence-corrected chi connectivity index (χ2v) is 5.47. The number of rotatable bonds is 6. The zero-order valence-electron chi connectivity index (χ0n) is 14.4. The van der Waals surface area contributed by atoms with Crippen molar-refractivity contribution in [2.45, 2.75) is 13.3 Å². The number of aliphatic carboxylic acids is 2. The lowest BCUT2D eigenvalue weighted by Gasteiger charge is -2.26. The summed E-state index contributed by atoms with van der Waals surface area (Å²) < 4.78 is 10.9. The van der Waals surface area contributed by atoms with Crippen molar-refractivity contribution in [1.29, 1.82) is 0 Å². The number of carboxylic acids is 2. The van der Waals surface area contributed by atoms with Crippen LogP contribution in [-0.4, -0.2) is 71.4 Å². The Morgan fingerprint density at radius 1 is 1.27 bits per heavy atom. The van der Waals surface area contributed by atoms with Gasteiger partial charge < -0.3 is 19.7 Å². The van der Waals surface area contributed by atoms with Crippen LogP contribution in [0.5, 0.6) is 5.75 Å². The van der Waals surface area contributed by atoms with Crippen LogP contribution in [0.3, 0.4) is 0 Å². The average molecular weight is 370 g/mol. The quantitative estimate of drug-likeness (QED) is 0.327. The van der Waals surface area contributed by atoms with Gasteiger partial charge in [0.1, 0.15) is 5.75 Å². The van der Waals surface area contributed by atoms with Crippen LogP contribution in [0.2, 0.25) is 0 Å². The number of morpholine rings is 1. The second kappa shape index (κ2) is 11.0. The molecule has 26 heavy (non-hydrogen) atoms. The van der Waals surface area contributed by atoms with Crippen molar-refractivity contribution in [1.82, 2.24) is 4.90 Å². The number of benzene rings is 1. The highest BCUT2D eigenvalue weighted by atomic mass is 16.6. The Morgan fingerprint density at radius 3 is 2.38 bits per heavy atom. The number of nitro groups is 1. The van der Waals surface area contributed by atoms with E-state index in [0.717, 1.165) is 39.3 Å². The molecule has 0 radical (unpaired) electrons. The van der Waals surface area contributed by atoms with Crippen molar-refractivity contribution >= 4 is 17.6 Å². The van der Waals surface area contributed by atoms with Crippen molar-refractivity contribution in [3.05, 3.63) is 33.9 Å². The molecule has 0 saturated carbocycles. The molecule has 0 aromatic heterocycles. The Bertz CT molecular complexity index is 617. The van der Waals surface area contributed by atoms with Crippen molar-refractivity contribution in [2.75, 3.05) is 39.5 Å². The number of nitro benzene ring substituents is 1. The molecule has 144 valence electrons. The highest BCUT2D eigenvalue weighted by Crippen LogP contribution is 2.23. The molecule has 1 aromatic carbocycles. The van der Waals surface area contributed by atoms with Crippen LogP contribution in [0.1, 0.15) is 12.0 Å². The highest BCUT2D eigenvalue weighted by molar-refractivity contribution is 6.27. The van der Waals surface area contributed by atoms with E-state index in [4.69, 9.17) is 29.3 Å². The normalized spacial score (nSPS) is 14.0. The summed E-state index contributed by atoms with van der Waals surface area (Å²) in [5, 5.41) is 25.5. The Morgan fingerprint density at radius 2 is 1.88 bits per heavy atom. The van der Waals surface area contributed by atoms with Gasteiger partial charge in [0.05, 0.1) is 24.7 Å². The van der Waals surface area contributed by atoms with E-state index >= 15 is 0 Å². The van der Waals surface area contributed by atoms with Crippen LogP contribution in [0.25, 0.3) is 0 Å². The van der Waals surface area contributed by atoms with Gasteiger partial charge in [-0.3, -0.25) is 15.0 Å². The van der Waals surface area contributed by atoms with Gasteiger partial charge in [-0.15, -0.1) is 0 Å². The summed E-state index contributed by atoms with van der Waals surface area (Å²) in [4.78, 5) is 30.9. The van der Waals surface area contributed by atoms with E-state index in [0.29, 0.717) is 17.9 Å². The molecular weight excluding hydrogens is 348 g/mol. The standard InChI is InChI=1S/C14H20N2O4.C2H2O4/c1-12-11-13(3-4-14(12)16(17)18)20-8-2-5-15-6-9-19-10-7-15;3-1(4)2(5)6/h3-4,11H,2,5-10H2,1H3;(H,3,4)(H,5,6). The third-order valence-corrected chi connectivity index (χ3v) is 3.54. The molecule has 1 saturated heterocycles. The van der Waals surface area contributed by atoms with Gasteiger partial charge in [-0.25, -0.2) is 9.59 Å². The van der Waals surface area contributed by atoms with Crippen LogP contribution in [0.15, 0.2) is 18.2 Å². The van der Waals surface area contributed by atoms with Gasteiger partial charge in [0.2, 0.25) is 0 Å². The first-order chi connectivity index (χ1) is 12.3. The smallest absolute Gasteiger partial charge is 0.414 e. The molecule has 0 amide bonds. The first kappa shape index (κ1) is 21.3. The molecule has 0 bridgehead atoms. The van der Waals surface area contributed by atoms with Gasteiger partial charge in [0.15, 0.2) is 0 Å². The molecule has 1 aliphatic heterocycles. The van der Waals surface area contributed by atoms with Crippen LogP contribution in [0.4, 0.5) is 5.69 Å². The lowest BCUT2D eigenvalue weighted by molar-refractivity contribution is -0.385. The zero-order chi connectivity index (χ0) is 19.5. The van der Waals surface area contributed by atoms with Gasteiger partial charge in [0, 0.05) is 31.3 Å². The summed E-state index contributed by atoms with van der Waals surface area (Å²) in [6.07, 6.45) is 0.941. The number of carboxylic acid groups (broad SMARTS) is 2. The Hall–Kier alpha value is -2.72. The van der Waals surface area contributed by atoms with Gasteiger partial charge >= 0.3 is 11.9 Å². The fourth-order valence-corrected chi connectivity index (χ4v) is 2.23. The third-order valence-electron chi connectivity index (χ3n) is 3.54. The summed E-state index contributed by atoms with van der Waals surface area (Å²) in [6, 6.07) is 4.86. The SMILES string of the molecule is Cc1cc(OCCCN2CCOCC2)ccc1[N+](=O)[O-].O=C(O)C(=O)O. The second-order valence-electron chi connectivity index (χ2n) is 5.47. The van der Waals surface area contributed by atoms with Crippen LogP contribution in [0, 0.1) is 17.0 Å². The van der Waals surface area contributed by atoms with E-state index in [9.17, 15) is 10.1 Å². The van der Waals surface area contributed by atoms with Crippen molar-refractivity contribution in [2.24, 2.45) is 0 Å². The van der Waals surface area contributed by atoms with E-state index in [1.807, 2.05) is 0 Å². The molecule has 10 heteroatoms. The minimum atomic E-state index is -1.82. The maximum atomic E-state index is 10.7. The van der Waals surface area contributed by atoms with Gasteiger partial charge in [-0.1, -0.05) is 0 Å². The van der Waals surface area contributed by atoms with Gasteiger partial charge in [-0.05, 0) is 25.5 Å². The molecule has 0 aliphatic carbocycles. The molecule has 0 spiro atoms. The molecule has 0 unspecified atom stereocenters. The summed E-state index contributed by atoms with van der Waals surface area (Å²) in [6.45, 7) is 6.92. The van der Waals surface area contributed by atoms with E-state index in [1.54, 1.807) is 19.1 Å². The summed E-state index contributed by atoms with van der Waals surface area (Å²) in [5.74, 6) is -2.96. The van der Waals surface area contributed by atoms with Gasteiger partial charge in [0.25, 0.3) is 5.69 Å². The maximum Gasteiger partial charge on any atom is 0.414 e. The molecule has 1 aromatic rings. The molecule has 1 heterocycles. The van der Waals surface area contributed by atoms with Crippen LogP contribution >= 0.6 is 0 Å². The summed E-state index contributed by atoms with van der Waals surface area (Å²) in [5.41, 5.74) is 0.756.